The molecule has 1 saturated carbocycles. The van der Waals surface area contributed by atoms with Crippen LogP contribution in [0.2, 0.25) is 0 Å². The van der Waals surface area contributed by atoms with E-state index in [0.717, 1.165) is 5.92 Å². The first kappa shape index (κ1) is 20.0. The van der Waals surface area contributed by atoms with E-state index in [2.05, 4.69) is 99.9 Å². The summed E-state index contributed by atoms with van der Waals surface area (Å²) in [6.07, 6.45) is 5.91. The zero-order valence-corrected chi connectivity index (χ0v) is 19.7. The van der Waals surface area contributed by atoms with E-state index in [1.165, 1.54) is 42.6 Å². The third-order valence-corrected chi connectivity index (χ3v) is 8.47. The van der Waals surface area contributed by atoms with Crippen LogP contribution in [0.25, 0.3) is 0 Å². The van der Waals surface area contributed by atoms with Crippen LogP contribution >= 0.6 is 0 Å². The highest BCUT2D eigenvalue weighted by Crippen LogP contribution is 2.60. The van der Waals surface area contributed by atoms with Crippen molar-refractivity contribution in [2.75, 3.05) is 9.80 Å². The van der Waals surface area contributed by atoms with E-state index < -0.39 is 0 Å². The van der Waals surface area contributed by atoms with Crippen molar-refractivity contribution in [3.63, 3.8) is 0 Å². The summed E-state index contributed by atoms with van der Waals surface area (Å²) in [4.78, 5) is 5.61. The van der Waals surface area contributed by atoms with E-state index in [4.69, 9.17) is 0 Å². The van der Waals surface area contributed by atoms with Gasteiger partial charge < -0.3 is 9.80 Å². The number of aryl methyl sites for hydroxylation is 1. The van der Waals surface area contributed by atoms with Gasteiger partial charge in [0.15, 0.2) is 0 Å². The highest BCUT2D eigenvalue weighted by atomic mass is 15.5. The van der Waals surface area contributed by atoms with E-state index in [1.807, 2.05) is 0 Å². The van der Waals surface area contributed by atoms with Crippen molar-refractivity contribution in [3.05, 3.63) is 59.7 Å². The molecule has 3 aliphatic rings. The highest BCUT2D eigenvalue weighted by molar-refractivity contribution is 5.72. The number of nitrogens with zero attached hydrogens (tertiary/aromatic N) is 2. The quantitative estimate of drug-likeness (QED) is 0.538. The van der Waals surface area contributed by atoms with Gasteiger partial charge in [-0.1, -0.05) is 76.9 Å². The zero-order chi connectivity index (χ0) is 21.3. The van der Waals surface area contributed by atoms with Crippen molar-refractivity contribution in [1.29, 1.82) is 0 Å². The molecule has 0 aromatic heterocycles. The number of fused-ring (bicyclic) bond motifs is 3. The van der Waals surface area contributed by atoms with Crippen LogP contribution < -0.4 is 9.80 Å². The van der Waals surface area contributed by atoms with Crippen molar-refractivity contribution >= 4 is 11.4 Å². The SMILES string of the molecule is Cc1ccccc1N1C(C(C)(C)C)N2c3ccccc3C(C)(C3CCCC3)C2[C@@H]1C. The Kier molecular flexibility index (Phi) is 4.51. The second kappa shape index (κ2) is 6.77. The zero-order valence-electron chi connectivity index (χ0n) is 19.7. The average Bonchev–Trinajstić information content (AvgIpc) is 3.39. The van der Waals surface area contributed by atoms with Crippen LogP contribution in [0, 0.1) is 18.3 Å². The topological polar surface area (TPSA) is 6.48 Å². The third kappa shape index (κ3) is 2.61. The van der Waals surface area contributed by atoms with Gasteiger partial charge >= 0.3 is 0 Å². The molecule has 2 fully saturated rings. The van der Waals surface area contributed by atoms with Crippen LogP contribution in [0.4, 0.5) is 11.4 Å². The first-order valence-electron chi connectivity index (χ1n) is 12.0. The minimum atomic E-state index is 0.138. The molecule has 2 nitrogen and oxygen atoms in total. The minimum absolute atomic E-state index is 0.138. The summed E-state index contributed by atoms with van der Waals surface area (Å²) in [6.45, 7) is 14.6. The maximum atomic E-state index is 2.84. The Morgan fingerprint density at radius 3 is 2.10 bits per heavy atom. The van der Waals surface area contributed by atoms with Crippen LogP contribution in [0.15, 0.2) is 48.5 Å². The Hall–Kier alpha value is -1.96. The molecule has 2 aromatic carbocycles. The van der Waals surface area contributed by atoms with E-state index in [1.54, 1.807) is 5.56 Å². The Balaban J connectivity index is 1.73. The molecule has 2 heterocycles. The monoisotopic (exact) mass is 402 g/mol. The van der Waals surface area contributed by atoms with E-state index in [-0.39, 0.29) is 10.8 Å². The minimum Gasteiger partial charge on any atom is -0.346 e. The third-order valence-electron chi connectivity index (χ3n) is 8.47. The van der Waals surface area contributed by atoms with E-state index >= 15 is 0 Å². The number of anilines is 2. The lowest BCUT2D eigenvalue weighted by Crippen LogP contribution is -2.51. The molecule has 2 aliphatic heterocycles. The fraction of sp³-hybridized carbons (Fsp3) is 0.571. The number of para-hydroxylation sites is 2. The van der Waals surface area contributed by atoms with Crippen molar-refractivity contribution in [1.82, 2.24) is 0 Å². The number of rotatable bonds is 2. The fourth-order valence-corrected chi connectivity index (χ4v) is 7.30. The van der Waals surface area contributed by atoms with Gasteiger partial charge in [0.2, 0.25) is 0 Å². The van der Waals surface area contributed by atoms with Gasteiger partial charge in [-0.2, -0.15) is 0 Å². The molecule has 4 atom stereocenters. The molecule has 1 saturated heterocycles. The van der Waals surface area contributed by atoms with Gasteiger partial charge in [-0.05, 0) is 55.9 Å². The molecule has 0 spiro atoms. The summed E-state index contributed by atoms with van der Waals surface area (Å²) in [7, 11) is 0. The Morgan fingerprint density at radius 1 is 0.867 bits per heavy atom. The summed E-state index contributed by atoms with van der Waals surface area (Å²) in [5.74, 6) is 0.786. The molecule has 2 heteroatoms. The van der Waals surface area contributed by atoms with Gasteiger partial charge in [-0.25, -0.2) is 0 Å². The highest BCUT2D eigenvalue weighted by Gasteiger charge is 2.63. The van der Waals surface area contributed by atoms with Crippen LogP contribution in [-0.2, 0) is 5.41 Å². The Bertz CT molecular complexity index is 936. The molecule has 30 heavy (non-hydrogen) atoms. The van der Waals surface area contributed by atoms with Gasteiger partial charge in [0.05, 0.1) is 6.04 Å². The van der Waals surface area contributed by atoms with Crippen LogP contribution in [-0.4, -0.2) is 18.2 Å². The van der Waals surface area contributed by atoms with Gasteiger partial charge in [0, 0.05) is 28.2 Å². The molecule has 5 rings (SSSR count). The van der Waals surface area contributed by atoms with Gasteiger partial charge in [-0.15, -0.1) is 0 Å². The summed E-state index contributed by atoms with van der Waals surface area (Å²) in [5, 5.41) is 0. The summed E-state index contributed by atoms with van der Waals surface area (Å²) in [5.41, 5.74) is 6.24. The Labute approximate surface area is 183 Å². The van der Waals surface area contributed by atoms with Crippen LogP contribution in [0.1, 0.15) is 71.4 Å². The predicted molar refractivity (Wildman–Crippen MR) is 128 cm³/mol. The van der Waals surface area contributed by atoms with E-state index in [0.29, 0.717) is 18.2 Å². The molecule has 0 bridgehead atoms. The number of benzene rings is 2. The van der Waals surface area contributed by atoms with Crippen molar-refractivity contribution in [2.45, 2.75) is 90.9 Å². The molecule has 0 radical (unpaired) electrons. The largest absolute Gasteiger partial charge is 0.346 e. The van der Waals surface area contributed by atoms with Crippen LogP contribution in [0.3, 0.4) is 0 Å². The van der Waals surface area contributed by atoms with Crippen molar-refractivity contribution in [2.24, 2.45) is 11.3 Å². The first-order chi connectivity index (χ1) is 14.3. The first-order valence-corrected chi connectivity index (χ1v) is 12.0. The normalized spacial score (nSPS) is 31.3. The van der Waals surface area contributed by atoms with Crippen molar-refractivity contribution < 1.29 is 0 Å². The maximum Gasteiger partial charge on any atom is 0.107 e. The Morgan fingerprint density at radius 2 is 1.47 bits per heavy atom. The molecule has 0 amide bonds. The van der Waals surface area contributed by atoms with E-state index in [9.17, 15) is 0 Å². The maximum absolute atomic E-state index is 2.84. The lowest BCUT2D eigenvalue weighted by atomic mass is 9.66. The van der Waals surface area contributed by atoms with Gasteiger partial charge in [0.1, 0.15) is 6.17 Å². The summed E-state index contributed by atoms with van der Waals surface area (Å²) >= 11 is 0. The molecule has 0 N–H and O–H groups in total. The molecule has 1 aliphatic carbocycles. The molecular weight excluding hydrogens is 364 g/mol. The van der Waals surface area contributed by atoms with Gasteiger partial charge in [0.25, 0.3) is 0 Å². The molecule has 2 aromatic rings. The number of hydrogen-bond donors (Lipinski definition) is 0. The van der Waals surface area contributed by atoms with Crippen LogP contribution in [0.5, 0.6) is 0 Å². The summed E-state index contributed by atoms with van der Waals surface area (Å²) in [6, 6.07) is 19.3. The smallest absolute Gasteiger partial charge is 0.107 e. The lowest BCUT2D eigenvalue weighted by Gasteiger charge is -2.42. The predicted octanol–water partition coefficient (Wildman–Crippen LogP) is 6.91. The molecular formula is C28H38N2. The lowest BCUT2D eigenvalue weighted by molar-refractivity contribution is 0.247. The van der Waals surface area contributed by atoms with Gasteiger partial charge in [-0.3, -0.25) is 0 Å². The summed E-state index contributed by atoms with van der Waals surface area (Å²) < 4.78 is 0. The second-order valence-corrected chi connectivity index (χ2v) is 11.3. The average molecular weight is 403 g/mol. The molecule has 160 valence electrons. The molecule has 3 unspecified atom stereocenters. The number of hydrogen-bond acceptors (Lipinski definition) is 2. The van der Waals surface area contributed by atoms with Crippen molar-refractivity contribution in [3.8, 4) is 0 Å². The standard InChI is InChI=1S/C28H38N2/c1-19-13-7-11-17-23(19)29-20(2)25-28(6,21-14-8-9-15-21)22-16-10-12-18-24(22)30(25)26(29)27(3,4)5/h7,10-13,16-18,20-21,25-26H,8-9,14-15H2,1-6H3/t20-,25?,26?,28?/m0/s1. The second-order valence-electron chi connectivity index (χ2n) is 11.3. The fourth-order valence-electron chi connectivity index (χ4n) is 7.30.